The third-order valence-electron chi connectivity index (χ3n) is 2.29. The van der Waals surface area contributed by atoms with E-state index in [0.717, 1.165) is 0 Å². The lowest BCUT2D eigenvalue weighted by Crippen LogP contribution is -1.75. The van der Waals surface area contributed by atoms with Crippen molar-refractivity contribution in [1.29, 1.82) is 0 Å². The standard InChI is InChI=1S/C12H10.C3H3N3/c1-3-7-11(8-4-1)12-9-5-2-6-10-12;1-2-5-6-3-4-1/h1-10H;1-3H. The summed E-state index contributed by atoms with van der Waals surface area (Å²) in [7, 11) is 0. The number of rotatable bonds is 1. The fraction of sp³-hybridized carbons (Fsp3) is 0. The summed E-state index contributed by atoms with van der Waals surface area (Å²) in [4.78, 5) is 3.61. The highest BCUT2D eigenvalue weighted by molar-refractivity contribution is 5.62. The van der Waals surface area contributed by atoms with Crippen molar-refractivity contribution in [3.8, 4) is 11.1 Å². The predicted molar refractivity (Wildman–Crippen MR) is 71.7 cm³/mol. The molecule has 0 spiro atoms. The van der Waals surface area contributed by atoms with Gasteiger partial charge in [0.25, 0.3) is 0 Å². The van der Waals surface area contributed by atoms with Crippen molar-refractivity contribution in [1.82, 2.24) is 15.2 Å². The smallest absolute Gasteiger partial charge is 0.138 e. The average molecular weight is 235 g/mol. The van der Waals surface area contributed by atoms with Crippen LogP contribution < -0.4 is 0 Å². The number of aromatic nitrogens is 3. The van der Waals surface area contributed by atoms with Gasteiger partial charge in [-0.1, -0.05) is 60.7 Å². The molecule has 3 heteroatoms. The molecule has 0 aliphatic rings. The summed E-state index contributed by atoms with van der Waals surface area (Å²) in [5, 5.41) is 6.90. The number of hydrogen-bond donors (Lipinski definition) is 0. The van der Waals surface area contributed by atoms with Crippen molar-refractivity contribution >= 4 is 0 Å². The zero-order chi connectivity index (χ0) is 12.5. The molecule has 0 bridgehead atoms. The molecule has 1 aromatic heterocycles. The SMILES string of the molecule is c1ccc(-c2ccccc2)cc1.c1cnncn1. The monoisotopic (exact) mass is 235 g/mol. The molecule has 2 aromatic carbocycles. The van der Waals surface area contributed by atoms with Gasteiger partial charge >= 0.3 is 0 Å². The van der Waals surface area contributed by atoms with Crippen LogP contribution in [0.25, 0.3) is 11.1 Å². The molecule has 18 heavy (non-hydrogen) atoms. The van der Waals surface area contributed by atoms with E-state index in [1.807, 2.05) is 12.1 Å². The Hall–Kier alpha value is -2.55. The summed E-state index contributed by atoms with van der Waals surface area (Å²) in [6, 6.07) is 20.8. The van der Waals surface area contributed by atoms with Crippen molar-refractivity contribution in [2.45, 2.75) is 0 Å². The molecular formula is C15H13N3. The van der Waals surface area contributed by atoms with E-state index in [9.17, 15) is 0 Å². The first-order chi connectivity index (χ1) is 8.97. The second-order valence-electron chi connectivity index (χ2n) is 3.53. The molecule has 0 fully saturated rings. The van der Waals surface area contributed by atoms with E-state index in [2.05, 4.69) is 63.7 Å². The lowest BCUT2D eigenvalue weighted by atomic mass is 10.1. The molecule has 88 valence electrons. The van der Waals surface area contributed by atoms with E-state index < -0.39 is 0 Å². The Labute approximate surface area is 106 Å². The molecule has 0 N–H and O–H groups in total. The lowest BCUT2D eigenvalue weighted by Gasteiger charge is -1.98. The quantitative estimate of drug-likeness (QED) is 0.650. The Balaban J connectivity index is 0.000000169. The van der Waals surface area contributed by atoms with Crippen LogP contribution in [-0.2, 0) is 0 Å². The number of nitrogens with zero attached hydrogens (tertiary/aromatic N) is 3. The summed E-state index contributed by atoms with van der Waals surface area (Å²) < 4.78 is 0. The van der Waals surface area contributed by atoms with E-state index in [-0.39, 0.29) is 0 Å². The van der Waals surface area contributed by atoms with Gasteiger partial charge in [0.1, 0.15) is 6.33 Å². The highest BCUT2D eigenvalue weighted by Gasteiger charge is 1.91. The molecule has 0 atom stereocenters. The van der Waals surface area contributed by atoms with Crippen molar-refractivity contribution in [2.75, 3.05) is 0 Å². The molecule has 0 unspecified atom stereocenters. The summed E-state index contributed by atoms with van der Waals surface area (Å²) >= 11 is 0. The van der Waals surface area contributed by atoms with Gasteiger partial charge in [-0.25, -0.2) is 4.98 Å². The third-order valence-corrected chi connectivity index (χ3v) is 2.29. The molecule has 1 heterocycles. The second-order valence-corrected chi connectivity index (χ2v) is 3.53. The average Bonchev–Trinajstić information content (AvgIpc) is 2.51. The van der Waals surface area contributed by atoms with Gasteiger partial charge in [0, 0.05) is 6.20 Å². The fourth-order valence-electron chi connectivity index (χ4n) is 1.47. The predicted octanol–water partition coefficient (Wildman–Crippen LogP) is 3.23. The molecule has 0 radical (unpaired) electrons. The Morgan fingerprint density at radius 1 is 0.556 bits per heavy atom. The minimum atomic E-state index is 1.28. The summed E-state index contributed by atoms with van der Waals surface area (Å²) in [5.74, 6) is 0. The summed E-state index contributed by atoms with van der Waals surface area (Å²) in [5.41, 5.74) is 2.55. The highest BCUT2D eigenvalue weighted by Crippen LogP contribution is 2.17. The Morgan fingerprint density at radius 2 is 1.11 bits per heavy atom. The van der Waals surface area contributed by atoms with Gasteiger partial charge in [0.05, 0.1) is 6.20 Å². The van der Waals surface area contributed by atoms with Crippen LogP contribution in [-0.4, -0.2) is 15.2 Å². The van der Waals surface area contributed by atoms with Crippen LogP contribution in [0.4, 0.5) is 0 Å². The molecule has 0 saturated heterocycles. The van der Waals surface area contributed by atoms with Crippen LogP contribution >= 0.6 is 0 Å². The number of benzene rings is 2. The van der Waals surface area contributed by atoms with E-state index in [4.69, 9.17) is 0 Å². The largest absolute Gasteiger partial charge is 0.241 e. The summed E-state index contributed by atoms with van der Waals surface area (Å²) in [6.45, 7) is 0. The number of hydrogen-bond acceptors (Lipinski definition) is 3. The van der Waals surface area contributed by atoms with E-state index in [0.29, 0.717) is 0 Å². The molecule has 0 amide bonds. The van der Waals surface area contributed by atoms with Gasteiger partial charge in [0.15, 0.2) is 0 Å². The van der Waals surface area contributed by atoms with Crippen LogP contribution in [0, 0.1) is 0 Å². The highest BCUT2D eigenvalue weighted by atomic mass is 15.1. The molecular weight excluding hydrogens is 222 g/mol. The fourth-order valence-corrected chi connectivity index (χ4v) is 1.47. The van der Waals surface area contributed by atoms with Gasteiger partial charge in [-0.15, -0.1) is 5.10 Å². The zero-order valence-electron chi connectivity index (χ0n) is 9.85. The normalized spacial score (nSPS) is 9.11. The van der Waals surface area contributed by atoms with Crippen molar-refractivity contribution in [3.05, 3.63) is 79.4 Å². The lowest BCUT2D eigenvalue weighted by molar-refractivity contribution is 0.969. The topological polar surface area (TPSA) is 38.7 Å². The van der Waals surface area contributed by atoms with Crippen LogP contribution in [0.2, 0.25) is 0 Å². The first kappa shape index (κ1) is 11.9. The Kier molecular flexibility index (Phi) is 4.58. The minimum Gasteiger partial charge on any atom is -0.241 e. The zero-order valence-corrected chi connectivity index (χ0v) is 9.85. The van der Waals surface area contributed by atoms with Crippen LogP contribution in [0.3, 0.4) is 0 Å². The van der Waals surface area contributed by atoms with Gasteiger partial charge in [0.2, 0.25) is 0 Å². The Bertz CT molecular complexity index is 474. The molecule has 0 aliphatic carbocycles. The van der Waals surface area contributed by atoms with E-state index in [1.165, 1.54) is 23.7 Å². The molecule has 3 rings (SSSR count). The Morgan fingerprint density at radius 3 is 1.39 bits per heavy atom. The third kappa shape index (κ3) is 3.79. The van der Waals surface area contributed by atoms with E-state index in [1.54, 1.807) is 6.20 Å². The van der Waals surface area contributed by atoms with Gasteiger partial charge in [-0.05, 0) is 11.1 Å². The minimum absolute atomic E-state index is 1.28. The maximum atomic E-state index is 3.61. The maximum Gasteiger partial charge on any atom is 0.138 e. The van der Waals surface area contributed by atoms with Crippen molar-refractivity contribution < 1.29 is 0 Å². The van der Waals surface area contributed by atoms with Crippen LogP contribution in [0.15, 0.2) is 79.4 Å². The first-order valence-electron chi connectivity index (χ1n) is 5.64. The van der Waals surface area contributed by atoms with Crippen molar-refractivity contribution in [3.63, 3.8) is 0 Å². The summed E-state index contributed by atoms with van der Waals surface area (Å²) in [6.07, 6.45) is 4.49. The second kappa shape index (κ2) is 6.91. The van der Waals surface area contributed by atoms with E-state index >= 15 is 0 Å². The van der Waals surface area contributed by atoms with Gasteiger partial charge < -0.3 is 0 Å². The van der Waals surface area contributed by atoms with Gasteiger partial charge in [-0.2, -0.15) is 5.10 Å². The van der Waals surface area contributed by atoms with Crippen LogP contribution in [0.1, 0.15) is 0 Å². The van der Waals surface area contributed by atoms with Crippen molar-refractivity contribution in [2.24, 2.45) is 0 Å². The molecule has 3 nitrogen and oxygen atoms in total. The van der Waals surface area contributed by atoms with Crippen LogP contribution in [0.5, 0.6) is 0 Å². The first-order valence-corrected chi connectivity index (χ1v) is 5.64. The molecule has 3 aromatic rings. The van der Waals surface area contributed by atoms with Gasteiger partial charge in [-0.3, -0.25) is 0 Å². The maximum absolute atomic E-state index is 3.61. The molecule has 0 aliphatic heterocycles. The molecule has 0 saturated carbocycles.